The van der Waals surface area contributed by atoms with Gasteiger partial charge in [0.15, 0.2) is 0 Å². The van der Waals surface area contributed by atoms with E-state index in [9.17, 15) is 14.7 Å². The summed E-state index contributed by atoms with van der Waals surface area (Å²) >= 11 is 0. The van der Waals surface area contributed by atoms with Gasteiger partial charge in [0.2, 0.25) is 11.8 Å². The molecule has 1 aromatic rings. The maximum absolute atomic E-state index is 13.6. The van der Waals surface area contributed by atoms with Gasteiger partial charge in [-0.3, -0.25) is 9.59 Å². The Morgan fingerprint density at radius 1 is 0.976 bits per heavy atom. The first-order valence-corrected chi connectivity index (χ1v) is 16.8. The molecule has 6 aliphatic rings. The number of nitrogens with zero attached hydrogens (tertiary/aromatic N) is 1. The van der Waals surface area contributed by atoms with Crippen LogP contribution < -0.4 is 5.32 Å². The number of carbonyl (C=O) groups is 2. The second-order valence-electron chi connectivity index (χ2n) is 16.1. The monoisotopic (exact) mass is 576 g/mol. The minimum atomic E-state index is -0.619. The van der Waals surface area contributed by atoms with Crippen LogP contribution in [0.15, 0.2) is 30.3 Å². The number of rotatable bonds is 5. The van der Waals surface area contributed by atoms with Crippen LogP contribution in [0.5, 0.6) is 0 Å². The van der Waals surface area contributed by atoms with Gasteiger partial charge in [0.05, 0.1) is 18.3 Å². The molecule has 2 spiro atoms. The van der Waals surface area contributed by atoms with Crippen LogP contribution in [0, 0.1) is 45.3 Å². The van der Waals surface area contributed by atoms with E-state index in [2.05, 4.69) is 26.1 Å². The van der Waals surface area contributed by atoms with Crippen LogP contribution >= 0.6 is 0 Å². The van der Waals surface area contributed by atoms with E-state index < -0.39 is 6.04 Å². The Labute approximate surface area is 252 Å². The van der Waals surface area contributed by atoms with E-state index in [1.807, 2.05) is 30.3 Å². The molecule has 6 heteroatoms. The van der Waals surface area contributed by atoms with E-state index in [0.29, 0.717) is 40.5 Å². The number of carbonyl (C=O) groups excluding carboxylic acids is 2. The lowest BCUT2D eigenvalue weighted by Gasteiger charge is -2.59. The van der Waals surface area contributed by atoms with Gasteiger partial charge in [-0.05, 0) is 115 Å². The van der Waals surface area contributed by atoms with E-state index in [4.69, 9.17) is 4.74 Å². The van der Waals surface area contributed by atoms with Crippen LogP contribution in [0.2, 0.25) is 0 Å². The fraction of sp³-hybridized carbons (Fsp3) is 0.778. The number of benzene rings is 1. The van der Waals surface area contributed by atoms with Gasteiger partial charge in [0.25, 0.3) is 0 Å². The van der Waals surface area contributed by atoms with Crippen molar-refractivity contribution in [1.82, 2.24) is 10.2 Å². The number of fused-ring (bicyclic) bond motifs is 4. The van der Waals surface area contributed by atoms with Crippen LogP contribution in [0.4, 0.5) is 0 Å². The Morgan fingerprint density at radius 3 is 2.45 bits per heavy atom. The quantitative estimate of drug-likeness (QED) is 0.470. The van der Waals surface area contributed by atoms with Crippen LogP contribution in [0.25, 0.3) is 0 Å². The van der Waals surface area contributed by atoms with Crippen molar-refractivity contribution in [2.24, 2.45) is 45.3 Å². The second-order valence-corrected chi connectivity index (χ2v) is 16.1. The van der Waals surface area contributed by atoms with Gasteiger partial charge in [-0.1, -0.05) is 51.1 Å². The van der Waals surface area contributed by atoms with Crippen molar-refractivity contribution in [2.75, 3.05) is 7.05 Å². The summed E-state index contributed by atoms with van der Waals surface area (Å²) in [6.45, 7) is 9.23. The molecule has 5 saturated carbocycles. The van der Waals surface area contributed by atoms with Crippen LogP contribution in [-0.4, -0.2) is 53.2 Å². The van der Waals surface area contributed by atoms with Crippen molar-refractivity contribution in [3.8, 4) is 0 Å². The first kappa shape index (κ1) is 28.8. The molecular weight excluding hydrogens is 524 g/mol. The minimum absolute atomic E-state index is 0.0201. The second kappa shape index (κ2) is 9.79. The van der Waals surface area contributed by atoms with Crippen molar-refractivity contribution >= 4 is 11.8 Å². The summed E-state index contributed by atoms with van der Waals surface area (Å²) in [4.78, 5) is 27.7. The molecule has 9 unspecified atom stereocenters. The number of aliphatic hydroxyl groups excluding tert-OH is 1. The lowest BCUT2D eigenvalue weighted by atomic mass is 9.46. The normalized spacial score (nSPS) is 45.2. The van der Waals surface area contributed by atoms with E-state index in [0.717, 1.165) is 37.2 Å². The van der Waals surface area contributed by atoms with Gasteiger partial charge in [0.1, 0.15) is 6.04 Å². The SMILES string of the molecule is CC(=O)N(C)C(C(=O)NCc1ccccc1)C1CCC2C(CC3C4CCC5C(C)(C)[C@@H](O)CCC56C[C@@]46CCC23C)O1. The average molecular weight is 577 g/mol. The summed E-state index contributed by atoms with van der Waals surface area (Å²) in [5, 5.41) is 14.0. The number of amides is 2. The van der Waals surface area contributed by atoms with Crippen LogP contribution in [0.1, 0.15) is 97.5 Å². The predicted molar refractivity (Wildman–Crippen MR) is 162 cm³/mol. The van der Waals surface area contributed by atoms with Crippen molar-refractivity contribution in [2.45, 2.75) is 123 Å². The number of ether oxygens (including phenoxy) is 1. The van der Waals surface area contributed by atoms with E-state index >= 15 is 0 Å². The molecule has 42 heavy (non-hydrogen) atoms. The van der Waals surface area contributed by atoms with Crippen LogP contribution in [0.3, 0.4) is 0 Å². The highest BCUT2D eigenvalue weighted by Gasteiger charge is 2.80. The fourth-order valence-electron chi connectivity index (χ4n) is 12.2. The molecule has 2 amide bonds. The van der Waals surface area contributed by atoms with Crippen molar-refractivity contribution in [3.05, 3.63) is 35.9 Å². The highest BCUT2D eigenvalue weighted by molar-refractivity contribution is 5.87. The molecule has 0 bridgehead atoms. The number of hydrogen-bond donors (Lipinski definition) is 2. The van der Waals surface area contributed by atoms with Crippen molar-refractivity contribution < 1.29 is 19.4 Å². The molecule has 6 nitrogen and oxygen atoms in total. The van der Waals surface area contributed by atoms with Crippen molar-refractivity contribution in [3.63, 3.8) is 0 Å². The zero-order valence-corrected chi connectivity index (χ0v) is 26.4. The Morgan fingerprint density at radius 2 is 1.71 bits per heavy atom. The van der Waals surface area contributed by atoms with E-state index in [-0.39, 0.29) is 35.5 Å². The third-order valence-electron chi connectivity index (χ3n) is 14.4. The molecule has 1 saturated heterocycles. The number of nitrogens with one attached hydrogen (secondary N) is 1. The zero-order valence-electron chi connectivity index (χ0n) is 26.4. The highest BCUT2D eigenvalue weighted by atomic mass is 16.5. The number of aliphatic hydroxyl groups is 1. The number of hydrogen-bond acceptors (Lipinski definition) is 4. The van der Waals surface area contributed by atoms with Gasteiger partial charge in [0, 0.05) is 20.5 Å². The molecule has 2 N–H and O–H groups in total. The molecule has 11 atom stereocenters. The summed E-state index contributed by atoms with van der Waals surface area (Å²) in [6.07, 6.45) is 11.4. The first-order chi connectivity index (χ1) is 19.9. The fourth-order valence-corrected chi connectivity index (χ4v) is 12.2. The molecule has 7 rings (SSSR count). The van der Waals surface area contributed by atoms with Crippen molar-refractivity contribution in [1.29, 1.82) is 0 Å². The van der Waals surface area contributed by atoms with Gasteiger partial charge < -0.3 is 20.1 Å². The first-order valence-electron chi connectivity index (χ1n) is 16.8. The number of likely N-dealkylation sites (N-methyl/N-ethyl adjacent to an activating group) is 1. The van der Waals surface area contributed by atoms with Gasteiger partial charge >= 0.3 is 0 Å². The summed E-state index contributed by atoms with van der Waals surface area (Å²) in [6, 6.07) is 9.32. The van der Waals surface area contributed by atoms with E-state index in [1.165, 1.54) is 38.5 Å². The van der Waals surface area contributed by atoms with Gasteiger partial charge in [-0.2, -0.15) is 0 Å². The lowest BCUT2D eigenvalue weighted by Crippen LogP contribution is -2.56. The Bertz CT molecular complexity index is 1230. The summed E-state index contributed by atoms with van der Waals surface area (Å²) in [5.41, 5.74) is 2.28. The third kappa shape index (κ3) is 3.95. The predicted octanol–water partition coefficient (Wildman–Crippen LogP) is 5.72. The minimum Gasteiger partial charge on any atom is -0.393 e. The molecule has 0 aromatic heterocycles. The molecule has 1 aromatic carbocycles. The standard InChI is InChI=1S/C36H52N2O4/c1-22(39)38(5)31(32(41)37-20-23-9-7-6-8-10-23)27-13-11-25-28(42-27)19-26-24-12-14-29-33(2,3)30(40)15-16-36(29)21-35(24,36)18-17-34(25,26)4/h6-10,24-31,40H,11-21H2,1-5H3,(H,37,41)/t24?,25?,26?,27?,28?,29?,30-,31?,34?,35-,36?/m0/s1. The largest absolute Gasteiger partial charge is 0.393 e. The zero-order chi connectivity index (χ0) is 29.7. The van der Waals surface area contributed by atoms with Crippen LogP contribution in [-0.2, 0) is 20.9 Å². The Kier molecular flexibility index (Phi) is 6.72. The Balaban J connectivity index is 1.09. The highest BCUT2D eigenvalue weighted by Crippen LogP contribution is 2.87. The van der Waals surface area contributed by atoms with E-state index in [1.54, 1.807) is 18.9 Å². The topological polar surface area (TPSA) is 78.9 Å². The molecule has 6 fully saturated rings. The van der Waals surface area contributed by atoms with Gasteiger partial charge in [-0.25, -0.2) is 0 Å². The molecule has 0 radical (unpaired) electrons. The average Bonchev–Trinajstić information content (AvgIpc) is 3.55. The molecule has 1 aliphatic heterocycles. The molecule has 1 heterocycles. The summed E-state index contributed by atoms with van der Waals surface area (Å²) in [7, 11) is 1.75. The maximum atomic E-state index is 13.6. The summed E-state index contributed by atoms with van der Waals surface area (Å²) < 4.78 is 6.96. The lowest BCUT2D eigenvalue weighted by molar-refractivity contribution is -0.156. The molecule has 5 aliphatic carbocycles. The Hall–Kier alpha value is -1.92. The maximum Gasteiger partial charge on any atom is 0.245 e. The summed E-state index contributed by atoms with van der Waals surface area (Å²) in [5.74, 6) is 2.38. The van der Waals surface area contributed by atoms with Gasteiger partial charge in [-0.15, -0.1) is 0 Å². The third-order valence-corrected chi connectivity index (χ3v) is 14.4. The molecule has 230 valence electrons. The smallest absolute Gasteiger partial charge is 0.245 e. The molecular formula is C36H52N2O4.